The maximum Gasteiger partial charge on any atom is 0.191 e. The predicted molar refractivity (Wildman–Crippen MR) is 102 cm³/mol. The Morgan fingerprint density at radius 3 is 2.74 bits per heavy atom. The lowest BCUT2D eigenvalue weighted by atomic mass is 10.1. The highest BCUT2D eigenvalue weighted by Gasteiger charge is 2.10. The van der Waals surface area contributed by atoms with Gasteiger partial charge in [-0.3, -0.25) is 4.99 Å². The van der Waals surface area contributed by atoms with E-state index in [1.165, 1.54) is 0 Å². The summed E-state index contributed by atoms with van der Waals surface area (Å²) in [6, 6.07) is 5.20. The summed E-state index contributed by atoms with van der Waals surface area (Å²) in [6.07, 6.45) is 3.65. The molecule has 0 fully saturated rings. The molecule has 1 unspecified atom stereocenters. The molecule has 126 valence electrons. The third-order valence-electron chi connectivity index (χ3n) is 3.61. The van der Waals surface area contributed by atoms with Crippen molar-refractivity contribution in [3.05, 3.63) is 53.4 Å². The zero-order valence-electron chi connectivity index (χ0n) is 13.8. The normalized spacial score (nSPS) is 12.5. The zero-order chi connectivity index (χ0) is 16.1. The summed E-state index contributed by atoms with van der Waals surface area (Å²) in [6.45, 7) is 4.29. The first kappa shape index (κ1) is 19.4. The van der Waals surface area contributed by atoms with Crippen molar-refractivity contribution in [2.75, 3.05) is 7.05 Å². The van der Waals surface area contributed by atoms with E-state index in [1.807, 2.05) is 30.8 Å². The fraction of sp³-hybridized carbons (Fsp3) is 0.375. The number of hydrogen-bond donors (Lipinski definition) is 2. The molecule has 1 aromatic heterocycles. The van der Waals surface area contributed by atoms with Crippen molar-refractivity contribution in [2.45, 2.75) is 26.4 Å². The Hall–Kier alpha value is -1.64. The highest BCUT2D eigenvalue weighted by molar-refractivity contribution is 14.0. The maximum absolute atomic E-state index is 13.7. The van der Waals surface area contributed by atoms with Crippen LogP contribution in [0.1, 0.15) is 29.9 Å². The summed E-state index contributed by atoms with van der Waals surface area (Å²) >= 11 is 0. The van der Waals surface area contributed by atoms with Crippen LogP contribution >= 0.6 is 24.0 Å². The molecule has 0 bridgehead atoms. The molecule has 0 aliphatic rings. The molecule has 7 heteroatoms. The van der Waals surface area contributed by atoms with Gasteiger partial charge in [0, 0.05) is 26.5 Å². The molecule has 2 aromatic rings. The third kappa shape index (κ3) is 5.19. The molecule has 0 aliphatic carbocycles. The van der Waals surface area contributed by atoms with Crippen LogP contribution in [-0.4, -0.2) is 22.6 Å². The van der Waals surface area contributed by atoms with E-state index in [2.05, 4.69) is 20.6 Å². The van der Waals surface area contributed by atoms with Gasteiger partial charge >= 0.3 is 0 Å². The van der Waals surface area contributed by atoms with E-state index < -0.39 is 0 Å². The Balaban J connectivity index is 0.00000264. The topological polar surface area (TPSA) is 54.2 Å². The third-order valence-corrected chi connectivity index (χ3v) is 3.61. The Morgan fingerprint density at radius 2 is 2.17 bits per heavy atom. The molecule has 23 heavy (non-hydrogen) atoms. The summed E-state index contributed by atoms with van der Waals surface area (Å²) < 4.78 is 15.6. The van der Waals surface area contributed by atoms with E-state index in [-0.39, 0.29) is 35.8 Å². The average molecular weight is 431 g/mol. The minimum absolute atomic E-state index is 0. The quantitative estimate of drug-likeness (QED) is 0.445. The van der Waals surface area contributed by atoms with Crippen LogP contribution in [0.2, 0.25) is 0 Å². The molecule has 1 atom stereocenters. The number of guanidine groups is 1. The standard InChI is InChI=1S/C16H22FN5.HI/c1-11-5-6-13(9-14(11)17)12(2)21-16(18-3)20-10-15-19-7-8-22(15)4;/h5-9,12H,10H2,1-4H3,(H2,18,20,21);1H. The van der Waals surface area contributed by atoms with Gasteiger partial charge in [-0.1, -0.05) is 12.1 Å². The van der Waals surface area contributed by atoms with Crippen LogP contribution in [0.4, 0.5) is 4.39 Å². The van der Waals surface area contributed by atoms with E-state index in [0.29, 0.717) is 18.1 Å². The lowest BCUT2D eigenvalue weighted by molar-refractivity contribution is 0.607. The summed E-state index contributed by atoms with van der Waals surface area (Å²) in [5, 5.41) is 6.45. The van der Waals surface area contributed by atoms with Gasteiger partial charge in [0.2, 0.25) is 0 Å². The van der Waals surface area contributed by atoms with E-state index >= 15 is 0 Å². The first-order valence-corrected chi connectivity index (χ1v) is 7.20. The number of nitrogens with zero attached hydrogens (tertiary/aromatic N) is 3. The Morgan fingerprint density at radius 1 is 1.43 bits per heavy atom. The number of hydrogen-bond acceptors (Lipinski definition) is 2. The molecule has 0 saturated heterocycles. The van der Waals surface area contributed by atoms with Crippen LogP contribution in [0, 0.1) is 12.7 Å². The van der Waals surface area contributed by atoms with Gasteiger partial charge in [0.1, 0.15) is 11.6 Å². The largest absolute Gasteiger partial charge is 0.350 e. The highest BCUT2D eigenvalue weighted by Crippen LogP contribution is 2.16. The van der Waals surface area contributed by atoms with Crippen molar-refractivity contribution < 1.29 is 4.39 Å². The predicted octanol–water partition coefficient (Wildman–Crippen LogP) is 2.91. The Labute approximate surface area is 153 Å². The second-order valence-corrected chi connectivity index (χ2v) is 5.25. The number of rotatable bonds is 4. The van der Waals surface area contributed by atoms with Gasteiger partial charge in [0.15, 0.2) is 5.96 Å². The number of imidazole rings is 1. The molecular weight excluding hydrogens is 408 g/mol. The Kier molecular flexibility index (Phi) is 7.47. The number of aromatic nitrogens is 2. The zero-order valence-corrected chi connectivity index (χ0v) is 16.1. The monoisotopic (exact) mass is 431 g/mol. The smallest absolute Gasteiger partial charge is 0.191 e. The number of aryl methyl sites for hydroxylation is 2. The number of benzene rings is 1. The van der Waals surface area contributed by atoms with E-state index in [1.54, 1.807) is 32.3 Å². The highest BCUT2D eigenvalue weighted by atomic mass is 127. The summed E-state index contributed by atoms with van der Waals surface area (Å²) in [4.78, 5) is 8.43. The minimum atomic E-state index is -0.192. The molecule has 5 nitrogen and oxygen atoms in total. The number of halogens is 2. The van der Waals surface area contributed by atoms with Gasteiger partial charge in [-0.15, -0.1) is 24.0 Å². The van der Waals surface area contributed by atoms with Gasteiger partial charge in [-0.25, -0.2) is 9.37 Å². The maximum atomic E-state index is 13.7. The van der Waals surface area contributed by atoms with Crippen LogP contribution in [0.5, 0.6) is 0 Å². The van der Waals surface area contributed by atoms with Gasteiger partial charge < -0.3 is 15.2 Å². The summed E-state index contributed by atoms with van der Waals surface area (Å²) in [5.41, 5.74) is 1.52. The SMILES string of the molecule is CN=C(NCc1nccn1C)NC(C)c1ccc(C)c(F)c1.I. The molecule has 2 rings (SSSR count). The minimum Gasteiger partial charge on any atom is -0.350 e. The van der Waals surface area contributed by atoms with Crippen LogP contribution in [-0.2, 0) is 13.6 Å². The second-order valence-electron chi connectivity index (χ2n) is 5.25. The average Bonchev–Trinajstić information content (AvgIpc) is 2.91. The molecule has 0 saturated carbocycles. The molecule has 2 N–H and O–H groups in total. The lowest BCUT2D eigenvalue weighted by Gasteiger charge is -2.18. The van der Waals surface area contributed by atoms with Gasteiger partial charge in [-0.2, -0.15) is 0 Å². The van der Waals surface area contributed by atoms with E-state index in [4.69, 9.17) is 0 Å². The molecule has 1 heterocycles. The first-order chi connectivity index (χ1) is 10.5. The molecule has 0 spiro atoms. The fourth-order valence-electron chi connectivity index (χ4n) is 2.09. The molecule has 0 amide bonds. The second kappa shape index (κ2) is 8.85. The van der Waals surface area contributed by atoms with Crippen LogP contribution in [0.15, 0.2) is 35.6 Å². The van der Waals surface area contributed by atoms with E-state index in [0.717, 1.165) is 11.4 Å². The summed E-state index contributed by atoms with van der Waals surface area (Å²) in [7, 11) is 3.65. The molecular formula is C16H23FIN5. The fourth-order valence-corrected chi connectivity index (χ4v) is 2.09. The van der Waals surface area contributed by atoms with Crippen molar-refractivity contribution in [1.82, 2.24) is 20.2 Å². The molecule has 0 radical (unpaired) electrons. The number of nitrogens with one attached hydrogen (secondary N) is 2. The van der Waals surface area contributed by atoms with Crippen LogP contribution < -0.4 is 10.6 Å². The Bertz CT molecular complexity index is 668. The van der Waals surface area contributed by atoms with Crippen molar-refractivity contribution in [3.63, 3.8) is 0 Å². The first-order valence-electron chi connectivity index (χ1n) is 7.20. The van der Waals surface area contributed by atoms with Gasteiger partial charge in [-0.05, 0) is 31.0 Å². The van der Waals surface area contributed by atoms with Gasteiger partial charge in [0.25, 0.3) is 0 Å². The van der Waals surface area contributed by atoms with Crippen molar-refractivity contribution in [3.8, 4) is 0 Å². The number of aliphatic imine (C=N–C) groups is 1. The van der Waals surface area contributed by atoms with Gasteiger partial charge in [0.05, 0.1) is 12.6 Å². The molecule has 0 aliphatic heterocycles. The summed E-state index contributed by atoms with van der Waals surface area (Å²) in [5.74, 6) is 1.37. The van der Waals surface area contributed by atoms with E-state index in [9.17, 15) is 4.39 Å². The molecule has 1 aromatic carbocycles. The van der Waals surface area contributed by atoms with Crippen molar-refractivity contribution in [1.29, 1.82) is 0 Å². The van der Waals surface area contributed by atoms with Crippen LogP contribution in [0.25, 0.3) is 0 Å². The van der Waals surface area contributed by atoms with Crippen LogP contribution in [0.3, 0.4) is 0 Å². The van der Waals surface area contributed by atoms with Crippen molar-refractivity contribution in [2.24, 2.45) is 12.0 Å². The van der Waals surface area contributed by atoms with Crippen molar-refractivity contribution >= 4 is 29.9 Å². The lowest BCUT2D eigenvalue weighted by Crippen LogP contribution is -2.38.